The number of hydrogen-bond acceptors (Lipinski definition) is 4. The van der Waals surface area contributed by atoms with Gasteiger partial charge in [0.2, 0.25) is 0 Å². The van der Waals surface area contributed by atoms with Crippen molar-refractivity contribution in [1.82, 2.24) is 24.6 Å². The van der Waals surface area contributed by atoms with Crippen LogP contribution in [0.4, 0.5) is 0 Å². The largest absolute Gasteiger partial charge is 0.345 e. The fourth-order valence-corrected chi connectivity index (χ4v) is 2.91. The predicted octanol–water partition coefficient (Wildman–Crippen LogP) is 1.62. The molecule has 1 aliphatic carbocycles. The molecule has 0 aliphatic heterocycles. The topological polar surface area (TPSA) is 84.9 Å². The minimum absolute atomic E-state index is 0. The number of halogens is 1. The van der Waals surface area contributed by atoms with E-state index in [1.807, 2.05) is 12.3 Å². The van der Waals surface area contributed by atoms with Gasteiger partial charge in [-0.2, -0.15) is 0 Å². The molecule has 1 aliphatic rings. The lowest BCUT2D eigenvalue weighted by molar-refractivity contribution is 0.639. The summed E-state index contributed by atoms with van der Waals surface area (Å²) in [4.78, 5) is 7.44. The zero-order valence-electron chi connectivity index (χ0n) is 10.3. The maximum atomic E-state index is 5.99. The van der Waals surface area contributed by atoms with Crippen molar-refractivity contribution in [3.05, 3.63) is 24.3 Å². The second-order valence-corrected chi connectivity index (χ2v) is 4.99. The number of hydrogen-bond donors (Lipinski definition) is 2. The molecule has 1 fully saturated rings. The summed E-state index contributed by atoms with van der Waals surface area (Å²) in [6.45, 7) is 0. The third-order valence-electron chi connectivity index (χ3n) is 3.81. The van der Waals surface area contributed by atoms with E-state index in [0.717, 1.165) is 41.9 Å². The summed E-state index contributed by atoms with van der Waals surface area (Å²) in [5, 5.41) is 8.56. The first kappa shape index (κ1) is 12.4. The van der Waals surface area contributed by atoms with Crippen LogP contribution in [0.25, 0.3) is 16.8 Å². The fourth-order valence-electron chi connectivity index (χ4n) is 2.91. The summed E-state index contributed by atoms with van der Waals surface area (Å²) in [7, 11) is 0. The number of H-pyrrole nitrogens is 1. The van der Waals surface area contributed by atoms with Crippen molar-refractivity contribution in [2.45, 2.75) is 31.2 Å². The van der Waals surface area contributed by atoms with E-state index in [2.05, 4.69) is 24.6 Å². The monoisotopic (exact) mass is 278 g/mol. The Kier molecular flexibility index (Phi) is 2.91. The third-order valence-corrected chi connectivity index (χ3v) is 3.81. The van der Waals surface area contributed by atoms with Crippen LogP contribution in [0, 0.1) is 0 Å². The van der Waals surface area contributed by atoms with Gasteiger partial charge in [0.25, 0.3) is 0 Å². The number of fused-ring (bicyclic) bond motifs is 3. The lowest BCUT2D eigenvalue weighted by Gasteiger charge is -2.07. The van der Waals surface area contributed by atoms with E-state index >= 15 is 0 Å². The van der Waals surface area contributed by atoms with E-state index in [-0.39, 0.29) is 12.4 Å². The number of nitrogens with two attached hydrogens (primary N) is 1. The Morgan fingerprint density at radius 3 is 3.00 bits per heavy atom. The molecular weight excluding hydrogens is 264 g/mol. The zero-order chi connectivity index (χ0) is 12.1. The standard InChI is InChI=1S/C12H14N6.ClH/c13-8-2-1-7(5-8)12-17-16-10-6-15-11-9(18(10)12)3-4-14-11;/h3-4,6-8,14H,1-2,5,13H2;1H/t7-,8-;/m1./s1. The van der Waals surface area contributed by atoms with Crippen LogP contribution >= 0.6 is 12.4 Å². The quantitative estimate of drug-likeness (QED) is 0.708. The summed E-state index contributed by atoms with van der Waals surface area (Å²) in [5.41, 5.74) is 8.70. The highest BCUT2D eigenvalue weighted by Crippen LogP contribution is 2.33. The molecule has 3 aromatic heterocycles. The normalized spacial score (nSPS) is 23.0. The molecule has 0 amide bonds. The van der Waals surface area contributed by atoms with Gasteiger partial charge in [-0.15, -0.1) is 22.6 Å². The van der Waals surface area contributed by atoms with Crippen molar-refractivity contribution in [3.8, 4) is 0 Å². The van der Waals surface area contributed by atoms with Crippen LogP contribution in [0.15, 0.2) is 18.5 Å². The van der Waals surface area contributed by atoms with Crippen molar-refractivity contribution in [2.75, 3.05) is 0 Å². The first-order valence-corrected chi connectivity index (χ1v) is 6.25. The second kappa shape index (κ2) is 4.47. The molecule has 0 radical (unpaired) electrons. The minimum atomic E-state index is 0. The van der Waals surface area contributed by atoms with Gasteiger partial charge in [0.05, 0.1) is 11.7 Å². The van der Waals surface area contributed by atoms with Crippen molar-refractivity contribution in [1.29, 1.82) is 0 Å². The van der Waals surface area contributed by atoms with E-state index in [1.165, 1.54) is 0 Å². The molecule has 0 spiro atoms. The molecule has 19 heavy (non-hydrogen) atoms. The maximum absolute atomic E-state index is 5.99. The Morgan fingerprint density at radius 1 is 1.32 bits per heavy atom. The van der Waals surface area contributed by atoms with Crippen LogP contribution in [0.5, 0.6) is 0 Å². The first-order valence-electron chi connectivity index (χ1n) is 6.25. The van der Waals surface area contributed by atoms with Gasteiger partial charge in [0.15, 0.2) is 11.3 Å². The third kappa shape index (κ3) is 1.79. The minimum Gasteiger partial charge on any atom is -0.345 e. The van der Waals surface area contributed by atoms with Gasteiger partial charge < -0.3 is 10.7 Å². The Balaban J connectivity index is 0.00000110. The smallest absolute Gasteiger partial charge is 0.179 e. The van der Waals surface area contributed by atoms with Crippen LogP contribution in [-0.4, -0.2) is 30.6 Å². The van der Waals surface area contributed by atoms with Gasteiger partial charge in [-0.05, 0) is 25.3 Å². The fraction of sp³-hybridized carbons (Fsp3) is 0.417. The van der Waals surface area contributed by atoms with Crippen molar-refractivity contribution >= 4 is 29.2 Å². The first-order chi connectivity index (χ1) is 8.83. The van der Waals surface area contributed by atoms with Crippen molar-refractivity contribution in [2.24, 2.45) is 5.73 Å². The summed E-state index contributed by atoms with van der Waals surface area (Å²) < 4.78 is 2.10. The Hall–Kier alpha value is -1.66. The Labute approximate surface area is 115 Å². The molecule has 0 unspecified atom stereocenters. The van der Waals surface area contributed by atoms with Crippen LogP contribution < -0.4 is 5.73 Å². The molecule has 0 saturated heterocycles. The van der Waals surface area contributed by atoms with Gasteiger partial charge in [-0.3, -0.25) is 4.40 Å². The van der Waals surface area contributed by atoms with Crippen molar-refractivity contribution < 1.29 is 0 Å². The van der Waals surface area contributed by atoms with Gasteiger partial charge >= 0.3 is 0 Å². The molecule has 0 bridgehead atoms. The highest BCUT2D eigenvalue weighted by Gasteiger charge is 2.27. The molecule has 1 saturated carbocycles. The van der Waals surface area contributed by atoms with Gasteiger partial charge in [0, 0.05) is 18.2 Å². The molecule has 4 rings (SSSR count). The van der Waals surface area contributed by atoms with Crippen LogP contribution in [0.3, 0.4) is 0 Å². The molecule has 3 N–H and O–H groups in total. The Bertz CT molecular complexity index is 717. The number of aromatic amines is 1. The number of nitrogens with one attached hydrogen (secondary N) is 1. The van der Waals surface area contributed by atoms with E-state index in [4.69, 9.17) is 5.73 Å². The molecule has 2 atom stereocenters. The number of nitrogens with zero attached hydrogens (tertiary/aromatic N) is 4. The molecule has 3 aromatic rings. The zero-order valence-corrected chi connectivity index (χ0v) is 11.1. The summed E-state index contributed by atoms with van der Waals surface area (Å²) in [6, 6.07) is 2.31. The summed E-state index contributed by atoms with van der Waals surface area (Å²) in [6.07, 6.45) is 6.80. The average molecular weight is 279 g/mol. The van der Waals surface area contributed by atoms with Crippen LogP contribution in [0.1, 0.15) is 31.0 Å². The van der Waals surface area contributed by atoms with Crippen LogP contribution in [0.2, 0.25) is 0 Å². The highest BCUT2D eigenvalue weighted by molar-refractivity contribution is 5.85. The molecule has 6 nitrogen and oxygen atoms in total. The van der Waals surface area contributed by atoms with E-state index in [1.54, 1.807) is 6.20 Å². The van der Waals surface area contributed by atoms with Gasteiger partial charge in [-0.1, -0.05) is 0 Å². The summed E-state index contributed by atoms with van der Waals surface area (Å²) >= 11 is 0. The van der Waals surface area contributed by atoms with Crippen LogP contribution in [-0.2, 0) is 0 Å². The van der Waals surface area contributed by atoms with E-state index in [0.29, 0.717) is 12.0 Å². The highest BCUT2D eigenvalue weighted by atomic mass is 35.5. The molecule has 0 aromatic carbocycles. The van der Waals surface area contributed by atoms with Gasteiger partial charge in [-0.25, -0.2) is 4.98 Å². The average Bonchev–Trinajstić information content (AvgIpc) is 3.03. The Morgan fingerprint density at radius 2 is 2.21 bits per heavy atom. The SMILES string of the molecule is Cl.N[C@@H]1CC[C@@H](c2nnc3cnc4[nH]ccc4n23)C1. The number of rotatable bonds is 1. The predicted molar refractivity (Wildman–Crippen MR) is 74.5 cm³/mol. The maximum Gasteiger partial charge on any atom is 0.179 e. The van der Waals surface area contributed by atoms with Gasteiger partial charge in [0.1, 0.15) is 5.82 Å². The molecule has 3 heterocycles. The lowest BCUT2D eigenvalue weighted by atomic mass is 10.1. The van der Waals surface area contributed by atoms with E-state index in [9.17, 15) is 0 Å². The molecular formula is C12H15ClN6. The molecule has 100 valence electrons. The van der Waals surface area contributed by atoms with E-state index < -0.39 is 0 Å². The number of aromatic nitrogens is 5. The van der Waals surface area contributed by atoms with Crippen molar-refractivity contribution in [3.63, 3.8) is 0 Å². The lowest BCUT2D eigenvalue weighted by Crippen LogP contribution is -2.15. The molecule has 7 heteroatoms. The second-order valence-electron chi connectivity index (χ2n) is 4.99. The summed E-state index contributed by atoms with van der Waals surface area (Å²) in [5.74, 6) is 1.43.